The van der Waals surface area contributed by atoms with Crippen LogP contribution in [0.1, 0.15) is 6.92 Å². The molecule has 1 N–H and O–H groups in total. The Hall–Kier alpha value is -1.16. The van der Waals surface area contributed by atoms with Crippen LogP contribution < -0.4 is 0 Å². The highest BCUT2D eigenvalue weighted by molar-refractivity contribution is 5.73. The number of rotatable bonds is 4. The fraction of sp³-hybridized carbons (Fsp3) is 0.429. The van der Waals surface area contributed by atoms with E-state index in [4.69, 9.17) is 5.11 Å². The molecular weight excluding hydrogens is 148 g/mol. The lowest BCUT2D eigenvalue weighted by Gasteiger charge is -1.96. The zero-order valence-electron chi connectivity index (χ0n) is 6.24. The van der Waals surface area contributed by atoms with Crippen molar-refractivity contribution in [2.24, 2.45) is 0 Å². The van der Waals surface area contributed by atoms with Crippen molar-refractivity contribution in [2.45, 2.75) is 6.92 Å². The van der Waals surface area contributed by atoms with Crippen LogP contribution in [0.4, 0.5) is 0 Å². The van der Waals surface area contributed by atoms with Gasteiger partial charge in [0.05, 0.1) is 6.61 Å². The summed E-state index contributed by atoms with van der Waals surface area (Å²) in [6, 6.07) is 0. The molecule has 62 valence electrons. The number of carbonyl (C=O) groups is 2. The summed E-state index contributed by atoms with van der Waals surface area (Å²) in [6.45, 7) is 0.974. The van der Waals surface area contributed by atoms with E-state index in [0.29, 0.717) is 6.29 Å². The van der Waals surface area contributed by atoms with Crippen LogP contribution in [0.3, 0.4) is 0 Å². The molecule has 0 radical (unpaired) electrons. The van der Waals surface area contributed by atoms with E-state index < -0.39 is 5.97 Å². The minimum atomic E-state index is -0.413. The van der Waals surface area contributed by atoms with Gasteiger partial charge in [-0.3, -0.25) is 9.59 Å². The van der Waals surface area contributed by atoms with Crippen molar-refractivity contribution in [2.75, 3.05) is 13.2 Å². The Morgan fingerprint density at radius 2 is 2.27 bits per heavy atom. The van der Waals surface area contributed by atoms with Gasteiger partial charge in [0.25, 0.3) is 0 Å². The van der Waals surface area contributed by atoms with Gasteiger partial charge < -0.3 is 9.84 Å². The maximum Gasteiger partial charge on any atom is 0.302 e. The van der Waals surface area contributed by atoms with Crippen molar-refractivity contribution in [3.8, 4) is 0 Å². The molecule has 0 rings (SSSR count). The lowest BCUT2D eigenvalue weighted by Crippen LogP contribution is -2.00. The fourth-order valence-electron chi connectivity index (χ4n) is 0.416. The quantitative estimate of drug-likeness (QED) is 0.345. The van der Waals surface area contributed by atoms with Crippen LogP contribution in [0, 0.1) is 0 Å². The summed E-state index contributed by atoms with van der Waals surface area (Å²) in [5.41, 5.74) is 0.214. The summed E-state index contributed by atoms with van der Waals surface area (Å²) in [6.07, 6.45) is 1.87. The number of hydrogen-bond acceptors (Lipinski definition) is 4. The maximum absolute atomic E-state index is 10.2. The molecule has 4 nitrogen and oxygen atoms in total. The predicted octanol–water partition coefficient (Wildman–Crippen LogP) is -0.333. The Morgan fingerprint density at radius 3 is 2.64 bits per heavy atom. The number of carbonyl (C=O) groups excluding carboxylic acids is 2. The molecule has 0 aromatic rings. The van der Waals surface area contributed by atoms with Gasteiger partial charge in [0.2, 0.25) is 0 Å². The summed E-state index contributed by atoms with van der Waals surface area (Å²) in [5, 5.41) is 8.45. The van der Waals surface area contributed by atoms with Crippen LogP contribution in [0.25, 0.3) is 0 Å². The van der Waals surface area contributed by atoms with Gasteiger partial charge in [-0.25, -0.2) is 0 Å². The normalized spacial score (nSPS) is 10.9. The third kappa shape index (κ3) is 5.29. The van der Waals surface area contributed by atoms with E-state index in [2.05, 4.69) is 4.74 Å². The van der Waals surface area contributed by atoms with Crippen LogP contribution in [-0.2, 0) is 14.3 Å². The molecule has 0 aromatic carbocycles. The summed E-state index contributed by atoms with van der Waals surface area (Å²) < 4.78 is 4.49. The van der Waals surface area contributed by atoms with Crippen molar-refractivity contribution in [1.29, 1.82) is 0 Å². The largest absolute Gasteiger partial charge is 0.462 e. The standard InChI is InChI=1S/C7H10O4/c1-6(10)11-3-2-7(4-8)5-9/h2,4,9H,3,5H2,1H3. The number of aliphatic hydroxyl groups is 1. The number of hydrogen-bond donors (Lipinski definition) is 1. The van der Waals surface area contributed by atoms with Crippen LogP contribution in [0.2, 0.25) is 0 Å². The SMILES string of the molecule is CC(=O)OCC=C(C=O)CO. The highest BCUT2D eigenvalue weighted by atomic mass is 16.5. The Balaban J connectivity index is 3.70. The Labute approximate surface area is 64.5 Å². The molecule has 0 atom stereocenters. The lowest BCUT2D eigenvalue weighted by atomic mass is 10.3. The second-order valence-electron chi connectivity index (χ2n) is 1.86. The van der Waals surface area contributed by atoms with Crippen LogP contribution >= 0.6 is 0 Å². The fourth-order valence-corrected chi connectivity index (χ4v) is 0.416. The van der Waals surface area contributed by atoms with Gasteiger partial charge in [-0.15, -0.1) is 0 Å². The highest BCUT2D eigenvalue weighted by Gasteiger charge is 1.92. The molecule has 11 heavy (non-hydrogen) atoms. The first-order valence-corrected chi connectivity index (χ1v) is 3.09. The molecule has 0 fully saturated rings. The van der Waals surface area contributed by atoms with E-state index in [1.54, 1.807) is 0 Å². The van der Waals surface area contributed by atoms with Gasteiger partial charge in [-0.2, -0.15) is 0 Å². The van der Waals surface area contributed by atoms with Gasteiger partial charge in [-0.05, 0) is 6.08 Å². The molecule has 0 aromatic heterocycles. The summed E-state index contributed by atoms with van der Waals surface area (Å²) in [5.74, 6) is -0.413. The molecule has 0 saturated heterocycles. The second kappa shape index (κ2) is 5.61. The minimum absolute atomic E-state index is 0.0317. The molecule has 0 aliphatic rings. The minimum Gasteiger partial charge on any atom is -0.462 e. The molecule has 4 heteroatoms. The topological polar surface area (TPSA) is 63.6 Å². The van der Waals surface area contributed by atoms with Crippen molar-refractivity contribution >= 4 is 12.3 Å². The second-order valence-corrected chi connectivity index (χ2v) is 1.86. The van der Waals surface area contributed by atoms with Crippen molar-refractivity contribution in [3.63, 3.8) is 0 Å². The molecule has 0 amide bonds. The average molecular weight is 158 g/mol. The maximum atomic E-state index is 10.2. The van der Waals surface area contributed by atoms with Gasteiger partial charge in [-0.1, -0.05) is 0 Å². The molecule has 0 bridgehead atoms. The molecular formula is C7H10O4. The molecule has 0 aliphatic carbocycles. The van der Waals surface area contributed by atoms with Gasteiger partial charge in [0.15, 0.2) is 0 Å². The first-order chi connectivity index (χ1) is 5.20. The first kappa shape index (κ1) is 9.84. The number of esters is 1. The zero-order valence-corrected chi connectivity index (χ0v) is 6.24. The third-order valence-corrected chi connectivity index (χ3v) is 0.966. The smallest absolute Gasteiger partial charge is 0.302 e. The molecule has 0 unspecified atom stereocenters. The van der Waals surface area contributed by atoms with E-state index in [9.17, 15) is 9.59 Å². The number of aldehydes is 1. The van der Waals surface area contributed by atoms with E-state index >= 15 is 0 Å². The van der Waals surface area contributed by atoms with E-state index in [0.717, 1.165) is 0 Å². The van der Waals surface area contributed by atoms with Gasteiger partial charge in [0, 0.05) is 12.5 Å². The Bertz CT molecular complexity index is 171. The van der Waals surface area contributed by atoms with Crippen molar-refractivity contribution in [1.82, 2.24) is 0 Å². The molecule has 0 aliphatic heterocycles. The molecule has 0 spiro atoms. The Kier molecular flexibility index (Phi) is 5.02. The molecule has 0 heterocycles. The Morgan fingerprint density at radius 1 is 1.64 bits per heavy atom. The summed E-state index contributed by atoms with van der Waals surface area (Å²) in [4.78, 5) is 20.2. The van der Waals surface area contributed by atoms with Crippen molar-refractivity contribution in [3.05, 3.63) is 11.6 Å². The summed E-state index contributed by atoms with van der Waals surface area (Å²) in [7, 11) is 0. The van der Waals surface area contributed by atoms with E-state index in [-0.39, 0.29) is 18.8 Å². The van der Waals surface area contributed by atoms with Crippen LogP contribution in [0.15, 0.2) is 11.6 Å². The van der Waals surface area contributed by atoms with Gasteiger partial charge >= 0.3 is 5.97 Å². The van der Waals surface area contributed by atoms with Gasteiger partial charge in [0.1, 0.15) is 12.9 Å². The van der Waals surface area contributed by atoms with Crippen LogP contribution in [-0.4, -0.2) is 30.6 Å². The molecule has 0 saturated carbocycles. The zero-order chi connectivity index (χ0) is 8.69. The predicted molar refractivity (Wildman–Crippen MR) is 37.9 cm³/mol. The van der Waals surface area contributed by atoms with E-state index in [1.807, 2.05) is 0 Å². The third-order valence-electron chi connectivity index (χ3n) is 0.966. The lowest BCUT2D eigenvalue weighted by molar-refractivity contribution is -0.139. The highest BCUT2D eigenvalue weighted by Crippen LogP contribution is 1.87. The number of ether oxygens (including phenoxy) is 1. The van der Waals surface area contributed by atoms with Crippen molar-refractivity contribution < 1.29 is 19.4 Å². The first-order valence-electron chi connectivity index (χ1n) is 3.09. The monoisotopic (exact) mass is 158 g/mol. The number of aliphatic hydroxyl groups excluding tert-OH is 1. The average Bonchev–Trinajstić information content (AvgIpc) is 1.98. The van der Waals surface area contributed by atoms with E-state index in [1.165, 1.54) is 13.0 Å². The van der Waals surface area contributed by atoms with Crippen LogP contribution in [0.5, 0.6) is 0 Å². The summed E-state index contributed by atoms with van der Waals surface area (Å²) >= 11 is 0.